The van der Waals surface area contributed by atoms with E-state index in [0.29, 0.717) is 18.5 Å². The lowest BCUT2D eigenvalue weighted by Gasteiger charge is -2.35. The molecule has 1 aliphatic heterocycles. The van der Waals surface area contributed by atoms with E-state index in [2.05, 4.69) is 5.32 Å². The molecule has 6 nitrogen and oxygen atoms in total. The number of aliphatic hydroxyl groups is 1. The molecule has 0 radical (unpaired) electrons. The summed E-state index contributed by atoms with van der Waals surface area (Å²) >= 11 is 5.76. The summed E-state index contributed by atoms with van der Waals surface area (Å²) in [5, 5.41) is 12.9. The topological polar surface area (TPSA) is 86.7 Å². The number of piperidine rings is 1. The highest BCUT2D eigenvalue weighted by atomic mass is 35.5. The van der Waals surface area contributed by atoms with Crippen molar-refractivity contribution in [2.24, 2.45) is 5.92 Å². The molecular formula is C25H24ClFN2O4S. The van der Waals surface area contributed by atoms with Crippen LogP contribution < -0.4 is 5.32 Å². The van der Waals surface area contributed by atoms with E-state index < -0.39 is 27.9 Å². The van der Waals surface area contributed by atoms with Gasteiger partial charge in [-0.1, -0.05) is 48.0 Å². The maximum Gasteiger partial charge on any atom is 0.255 e. The summed E-state index contributed by atoms with van der Waals surface area (Å²) in [6.07, 6.45) is 0.310. The van der Waals surface area contributed by atoms with Crippen molar-refractivity contribution in [2.75, 3.05) is 18.4 Å². The first-order valence-electron chi connectivity index (χ1n) is 10.8. The van der Waals surface area contributed by atoms with Crippen LogP contribution in [0.15, 0.2) is 77.7 Å². The lowest BCUT2D eigenvalue weighted by Crippen LogP contribution is -2.46. The molecule has 0 saturated carbocycles. The number of nitrogens with one attached hydrogen (secondary N) is 1. The van der Waals surface area contributed by atoms with Crippen LogP contribution in [0, 0.1) is 11.7 Å². The van der Waals surface area contributed by atoms with Crippen molar-refractivity contribution in [3.05, 3.63) is 94.8 Å². The van der Waals surface area contributed by atoms with Crippen molar-refractivity contribution in [2.45, 2.75) is 23.8 Å². The number of hydrogen-bond acceptors (Lipinski definition) is 4. The largest absolute Gasteiger partial charge is 0.393 e. The van der Waals surface area contributed by atoms with Gasteiger partial charge in [-0.25, -0.2) is 12.8 Å². The fraction of sp³-hybridized carbons (Fsp3) is 0.240. The smallest absolute Gasteiger partial charge is 0.255 e. The Morgan fingerprint density at radius 2 is 1.85 bits per heavy atom. The van der Waals surface area contributed by atoms with E-state index >= 15 is 0 Å². The average molecular weight is 503 g/mol. The molecule has 1 amide bonds. The molecule has 1 heterocycles. The predicted octanol–water partition coefficient (Wildman–Crippen LogP) is 4.35. The van der Waals surface area contributed by atoms with Crippen molar-refractivity contribution in [3.63, 3.8) is 0 Å². The van der Waals surface area contributed by atoms with Crippen molar-refractivity contribution in [3.8, 4) is 0 Å². The summed E-state index contributed by atoms with van der Waals surface area (Å²) in [4.78, 5) is 12.7. The second-order valence-electron chi connectivity index (χ2n) is 8.28. The van der Waals surface area contributed by atoms with Gasteiger partial charge < -0.3 is 10.4 Å². The lowest BCUT2D eigenvalue weighted by molar-refractivity contribution is 0.0540. The number of hydrogen-bond donors (Lipinski definition) is 2. The molecule has 34 heavy (non-hydrogen) atoms. The predicted molar refractivity (Wildman–Crippen MR) is 129 cm³/mol. The van der Waals surface area contributed by atoms with E-state index in [9.17, 15) is 22.7 Å². The summed E-state index contributed by atoms with van der Waals surface area (Å²) < 4.78 is 41.4. The lowest BCUT2D eigenvalue weighted by atomic mass is 9.90. The third kappa shape index (κ3) is 5.47. The molecule has 9 heteroatoms. The fourth-order valence-corrected chi connectivity index (χ4v) is 5.78. The molecule has 1 aliphatic rings. The minimum Gasteiger partial charge on any atom is -0.393 e. The summed E-state index contributed by atoms with van der Waals surface area (Å²) in [6, 6.07) is 19.2. The van der Waals surface area contributed by atoms with Crippen molar-refractivity contribution < 1.29 is 22.7 Å². The van der Waals surface area contributed by atoms with Crippen LogP contribution >= 0.6 is 11.6 Å². The van der Waals surface area contributed by atoms with Gasteiger partial charge in [0.25, 0.3) is 5.91 Å². The van der Waals surface area contributed by atoms with Crippen molar-refractivity contribution in [1.29, 1.82) is 0 Å². The number of nitrogens with zero attached hydrogens (tertiary/aromatic N) is 1. The zero-order valence-electron chi connectivity index (χ0n) is 18.2. The number of halogens is 2. The first-order valence-corrected chi connectivity index (χ1v) is 12.6. The van der Waals surface area contributed by atoms with Crippen LogP contribution in [0.3, 0.4) is 0 Å². The molecule has 4 rings (SSSR count). The minimum absolute atomic E-state index is 0.00728. The van der Waals surface area contributed by atoms with Crippen LogP contribution in [0.4, 0.5) is 10.1 Å². The van der Waals surface area contributed by atoms with Crippen LogP contribution in [0.5, 0.6) is 0 Å². The van der Waals surface area contributed by atoms with Gasteiger partial charge in [0.1, 0.15) is 5.82 Å². The van der Waals surface area contributed by atoms with Gasteiger partial charge >= 0.3 is 0 Å². The Bertz CT molecular complexity index is 1290. The maximum absolute atomic E-state index is 13.4. The Balaban J connectivity index is 1.51. The molecule has 2 N–H and O–H groups in total. The van der Waals surface area contributed by atoms with Crippen LogP contribution in [0.2, 0.25) is 5.02 Å². The van der Waals surface area contributed by atoms with E-state index in [1.165, 1.54) is 40.7 Å². The Hall–Kier alpha value is -2.78. The van der Waals surface area contributed by atoms with Gasteiger partial charge in [0.05, 0.1) is 16.0 Å². The average Bonchev–Trinajstić information content (AvgIpc) is 2.83. The maximum atomic E-state index is 13.4. The molecule has 1 saturated heterocycles. The zero-order chi connectivity index (χ0) is 24.3. The molecule has 0 bridgehead atoms. The van der Waals surface area contributed by atoms with Crippen LogP contribution in [-0.2, 0) is 16.4 Å². The Morgan fingerprint density at radius 3 is 2.59 bits per heavy atom. The molecule has 3 aromatic carbocycles. The number of benzene rings is 3. The minimum atomic E-state index is -3.88. The fourth-order valence-electron chi connectivity index (χ4n) is 4.05. The first kappa shape index (κ1) is 24.3. The third-order valence-electron chi connectivity index (χ3n) is 5.91. The normalized spacial score (nSPS) is 19.0. The summed E-state index contributed by atoms with van der Waals surface area (Å²) in [5.74, 6) is -1.39. The number of amides is 1. The van der Waals surface area contributed by atoms with Crippen LogP contribution in [0.25, 0.3) is 0 Å². The van der Waals surface area contributed by atoms with Crippen LogP contribution in [0.1, 0.15) is 22.3 Å². The van der Waals surface area contributed by atoms with Crippen molar-refractivity contribution in [1.82, 2.24) is 4.31 Å². The Kier molecular flexibility index (Phi) is 7.33. The number of carbonyl (C=O) groups excluding carboxylic acids is 1. The number of aliphatic hydroxyl groups excluding tert-OH is 1. The highest BCUT2D eigenvalue weighted by Gasteiger charge is 2.35. The second kappa shape index (κ2) is 10.2. The summed E-state index contributed by atoms with van der Waals surface area (Å²) in [5.41, 5.74) is 1.46. The van der Waals surface area contributed by atoms with Gasteiger partial charge in [-0.15, -0.1) is 0 Å². The standard InChI is InChI=1S/C25H24ClFN2O4S/c26-22-15-20(9-10-23(22)27)28-25(31)18-7-4-8-21(14-18)34(32,33)29-12-11-24(30)19(16-29)13-17-5-2-1-3-6-17/h1-10,14-15,19,24,30H,11-13,16H2,(H,28,31). The molecular weight excluding hydrogens is 479 g/mol. The summed E-state index contributed by atoms with van der Waals surface area (Å²) in [6.45, 7) is 0.377. The molecule has 0 aliphatic carbocycles. The third-order valence-corrected chi connectivity index (χ3v) is 8.06. The second-order valence-corrected chi connectivity index (χ2v) is 10.6. The number of anilines is 1. The number of sulfonamides is 1. The van der Waals surface area contributed by atoms with Crippen LogP contribution in [-0.4, -0.2) is 42.9 Å². The van der Waals surface area contributed by atoms with E-state index in [1.807, 2.05) is 30.3 Å². The highest BCUT2D eigenvalue weighted by Crippen LogP contribution is 2.27. The van der Waals surface area contributed by atoms with Gasteiger partial charge in [-0.3, -0.25) is 4.79 Å². The Labute approximate surface area is 203 Å². The first-order chi connectivity index (χ1) is 16.2. The number of rotatable bonds is 6. The number of carbonyl (C=O) groups is 1. The van der Waals surface area contributed by atoms with Gasteiger partial charge in [-0.05, 0) is 54.8 Å². The van der Waals surface area contributed by atoms with Gasteiger partial charge in [0, 0.05) is 30.3 Å². The van der Waals surface area contributed by atoms with E-state index in [1.54, 1.807) is 0 Å². The molecule has 0 aromatic heterocycles. The molecule has 2 unspecified atom stereocenters. The highest BCUT2D eigenvalue weighted by molar-refractivity contribution is 7.89. The SMILES string of the molecule is O=C(Nc1ccc(F)c(Cl)c1)c1cccc(S(=O)(=O)N2CCC(O)C(Cc3ccccc3)C2)c1. The quantitative estimate of drug-likeness (QED) is 0.525. The molecule has 2 atom stereocenters. The van der Waals surface area contributed by atoms with E-state index in [-0.39, 0.29) is 34.5 Å². The molecule has 178 valence electrons. The van der Waals surface area contributed by atoms with Gasteiger partial charge in [-0.2, -0.15) is 4.31 Å². The molecule has 1 fully saturated rings. The Morgan fingerprint density at radius 1 is 1.09 bits per heavy atom. The van der Waals surface area contributed by atoms with E-state index in [4.69, 9.17) is 11.6 Å². The molecule has 3 aromatic rings. The monoisotopic (exact) mass is 502 g/mol. The van der Waals surface area contributed by atoms with Gasteiger partial charge in [0.15, 0.2) is 0 Å². The van der Waals surface area contributed by atoms with Gasteiger partial charge in [0.2, 0.25) is 10.0 Å². The van der Waals surface area contributed by atoms with E-state index in [0.717, 1.165) is 11.6 Å². The molecule has 0 spiro atoms. The van der Waals surface area contributed by atoms with Crippen molar-refractivity contribution >= 4 is 33.2 Å². The summed E-state index contributed by atoms with van der Waals surface area (Å²) in [7, 11) is -3.88. The zero-order valence-corrected chi connectivity index (χ0v) is 19.8.